The topological polar surface area (TPSA) is 204 Å². The molecule has 0 atom stereocenters. The highest BCUT2D eigenvalue weighted by Gasteiger charge is 2.30. The number of urea groups is 1. The maximum Gasteiger partial charge on any atom is 0.416 e. The number of allylic oxidation sites excluding steroid dienone is 1. The van der Waals surface area contributed by atoms with Crippen molar-refractivity contribution in [3.8, 4) is 11.5 Å². The number of azo groups is 2. The van der Waals surface area contributed by atoms with Gasteiger partial charge in [-0.1, -0.05) is 54.6 Å². The fourth-order valence-corrected chi connectivity index (χ4v) is 6.19. The molecule has 7 aromatic rings. The molecule has 0 radical (unpaired) electrons. The lowest BCUT2D eigenvalue weighted by atomic mass is 10.0. The van der Waals surface area contributed by atoms with Crippen LogP contribution in [0.15, 0.2) is 160 Å². The van der Waals surface area contributed by atoms with E-state index in [0.29, 0.717) is 45.1 Å². The van der Waals surface area contributed by atoms with Gasteiger partial charge in [-0.3, -0.25) is 24.5 Å². The summed E-state index contributed by atoms with van der Waals surface area (Å²) in [5.74, 6) is -1.33. The standard InChI is InChI=1S/C46H32F3N7O7/c47-46(48,49)33-2-1-3-36(24-33)51-45(62)52-44(61)32-10-18-38-31(23-32)12-21-41(60)43(38)56-53-34-13-4-27(5-14-34)7-19-39(58)29-8-15-35(16-9-29)54-55-42-37-17-6-28(25-63-50-26-57)22-30(37)11-20-40(42)59/h1-24,26,59-60H,25H2,(H,50,57)(H2,51,52,61,62)/b19-7+,55-54?,56-53?. The van der Waals surface area contributed by atoms with Gasteiger partial charge < -0.3 is 15.5 Å². The number of ketones is 1. The number of benzene rings is 7. The molecule has 0 aliphatic carbocycles. The Bertz CT molecular complexity index is 2970. The van der Waals surface area contributed by atoms with Crippen LogP contribution in [0.25, 0.3) is 27.6 Å². The van der Waals surface area contributed by atoms with Crippen LogP contribution >= 0.6 is 0 Å². The molecule has 314 valence electrons. The Morgan fingerprint density at radius 3 is 1.90 bits per heavy atom. The van der Waals surface area contributed by atoms with Crippen LogP contribution in [0.2, 0.25) is 0 Å². The minimum Gasteiger partial charge on any atom is -0.506 e. The Morgan fingerprint density at radius 1 is 0.667 bits per heavy atom. The number of alkyl halides is 3. The molecule has 5 N–H and O–H groups in total. The van der Waals surface area contributed by atoms with Gasteiger partial charge in [0.1, 0.15) is 22.9 Å². The van der Waals surface area contributed by atoms with E-state index in [9.17, 15) is 42.6 Å². The van der Waals surface area contributed by atoms with Gasteiger partial charge in [-0.15, -0.1) is 10.2 Å². The first-order chi connectivity index (χ1) is 30.3. The molecule has 63 heavy (non-hydrogen) atoms. The second-order valence-electron chi connectivity index (χ2n) is 13.6. The smallest absolute Gasteiger partial charge is 0.416 e. The van der Waals surface area contributed by atoms with Crippen molar-refractivity contribution >= 4 is 80.2 Å². The molecule has 0 saturated carbocycles. The highest BCUT2D eigenvalue weighted by molar-refractivity contribution is 6.10. The molecule has 0 bridgehead atoms. The fourth-order valence-electron chi connectivity index (χ4n) is 6.19. The number of imide groups is 1. The summed E-state index contributed by atoms with van der Waals surface area (Å²) in [7, 11) is 0. The van der Waals surface area contributed by atoms with Crippen LogP contribution in [0.5, 0.6) is 11.5 Å². The number of carbonyl (C=O) groups is 4. The number of halogens is 3. The largest absolute Gasteiger partial charge is 0.506 e. The van der Waals surface area contributed by atoms with E-state index in [-0.39, 0.29) is 46.5 Å². The number of carbonyl (C=O) groups excluding carboxylic acids is 4. The monoisotopic (exact) mass is 851 g/mol. The number of phenolic OH excluding ortho intramolecular Hbond substituents is 2. The van der Waals surface area contributed by atoms with Crippen molar-refractivity contribution in [1.29, 1.82) is 0 Å². The van der Waals surface area contributed by atoms with E-state index in [2.05, 4.69) is 36.6 Å². The summed E-state index contributed by atoms with van der Waals surface area (Å²) in [6.07, 6.45) is -1.13. The lowest BCUT2D eigenvalue weighted by Crippen LogP contribution is -2.34. The Kier molecular flexibility index (Phi) is 12.7. The number of rotatable bonds is 13. The normalized spacial score (nSPS) is 11.7. The molecule has 17 heteroatoms. The van der Waals surface area contributed by atoms with E-state index in [4.69, 9.17) is 4.84 Å². The van der Waals surface area contributed by atoms with Gasteiger partial charge in [-0.05, 0) is 113 Å². The van der Waals surface area contributed by atoms with Gasteiger partial charge in [0.25, 0.3) is 5.91 Å². The molecule has 0 aromatic heterocycles. The van der Waals surface area contributed by atoms with Crippen LogP contribution in [0.3, 0.4) is 0 Å². The minimum atomic E-state index is -4.61. The zero-order valence-electron chi connectivity index (χ0n) is 32.5. The SMILES string of the molecule is O=CNOCc1ccc2c(N=Nc3ccc(C(=O)/C=C/c4ccc(N=Nc5c(O)ccc6cc(C(=O)NC(=O)Nc7cccc(C(F)(F)F)c7)ccc56)cc4)cc3)c(O)ccc2c1. The number of aromatic hydroxyl groups is 2. The van der Waals surface area contributed by atoms with Gasteiger partial charge in [-0.25, -0.2) is 10.3 Å². The summed E-state index contributed by atoms with van der Waals surface area (Å²) in [5.41, 5.74) is 4.25. The predicted molar refractivity (Wildman–Crippen MR) is 228 cm³/mol. The van der Waals surface area contributed by atoms with Gasteiger partial charge in [0.15, 0.2) is 5.78 Å². The van der Waals surface area contributed by atoms with E-state index in [1.54, 1.807) is 72.8 Å². The molecular weight excluding hydrogens is 820 g/mol. The first-order valence-corrected chi connectivity index (χ1v) is 18.7. The molecule has 0 fully saturated rings. The molecule has 7 aromatic carbocycles. The lowest BCUT2D eigenvalue weighted by molar-refractivity contribution is -0.137. The summed E-state index contributed by atoms with van der Waals surface area (Å²) in [4.78, 5) is 53.6. The fraction of sp³-hybridized carbons (Fsp3) is 0.0435. The maximum atomic E-state index is 13.0. The Hall–Kier alpha value is -8.57. The van der Waals surface area contributed by atoms with E-state index in [1.807, 2.05) is 6.07 Å². The third-order valence-corrected chi connectivity index (χ3v) is 9.31. The molecule has 0 saturated heterocycles. The van der Waals surface area contributed by atoms with Crippen molar-refractivity contribution in [2.45, 2.75) is 12.8 Å². The van der Waals surface area contributed by atoms with Gasteiger partial charge in [0.05, 0.1) is 23.5 Å². The molecule has 7 rings (SSSR count). The number of hydrogen-bond donors (Lipinski definition) is 5. The number of anilines is 1. The van der Waals surface area contributed by atoms with Crippen molar-refractivity contribution in [2.75, 3.05) is 5.32 Å². The number of fused-ring (bicyclic) bond motifs is 2. The van der Waals surface area contributed by atoms with Crippen LogP contribution in [0.1, 0.15) is 37.4 Å². The molecule has 0 unspecified atom stereocenters. The van der Waals surface area contributed by atoms with Crippen molar-refractivity contribution in [3.05, 3.63) is 167 Å². The third kappa shape index (κ3) is 10.6. The molecule has 0 aliphatic rings. The van der Waals surface area contributed by atoms with E-state index in [0.717, 1.165) is 29.1 Å². The maximum absolute atomic E-state index is 13.0. The van der Waals surface area contributed by atoms with Crippen molar-refractivity contribution < 1.29 is 47.4 Å². The van der Waals surface area contributed by atoms with Crippen molar-refractivity contribution in [3.63, 3.8) is 0 Å². The third-order valence-electron chi connectivity index (χ3n) is 9.31. The van der Waals surface area contributed by atoms with Crippen LogP contribution < -0.4 is 16.1 Å². The highest BCUT2D eigenvalue weighted by Crippen LogP contribution is 2.38. The number of nitrogens with zero attached hydrogens (tertiary/aromatic N) is 4. The quantitative estimate of drug-likeness (QED) is 0.0189. The number of phenols is 2. The highest BCUT2D eigenvalue weighted by atomic mass is 19.4. The number of hydrogen-bond acceptors (Lipinski definition) is 11. The molecule has 0 aliphatic heterocycles. The zero-order valence-corrected chi connectivity index (χ0v) is 32.5. The predicted octanol–water partition coefficient (Wildman–Crippen LogP) is 11.3. The summed E-state index contributed by atoms with van der Waals surface area (Å²) in [6, 6.07) is 32.1. The van der Waals surface area contributed by atoms with Gasteiger partial charge in [0, 0.05) is 27.6 Å². The van der Waals surface area contributed by atoms with E-state index >= 15 is 0 Å². The summed E-state index contributed by atoms with van der Waals surface area (Å²) < 4.78 is 39.1. The second kappa shape index (κ2) is 18.8. The Balaban J connectivity index is 0.955. The number of amides is 4. The second-order valence-corrected chi connectivity index (χ2v) is 13.6. The van der Waals surface area contributed by atoms with Gasteiger partial charge in [0.2, 0.25) is 6.41 Å². The lowest BCUT2D eigenvalue weighted by Gasteiger charge is -2.11. The average molecular weight is 852 g/mol. The first-order valence-electron chi connectivity index (χ1n) is 18.7. The average Bonchev–Trinajstić information content (AvgIpc) is 3.27. The zero-order chi connectivity index (χ0) is 44.5. The van der Waals surface area contributed by atoms with Crippen LogP contribution in [0.4, 0.5) is 46.4 Å². The van der Waals surface area contributed by atoms with Gasteiger partial charge >= 0.3 is 12.2 Å². The van der Waals surface area contributed by atoms with Crippen molar-refractivity contribution in [2.24, 2.45) is 20.5 Å². The molecule has 0 heterocycles. The summed E-state index contributed by atoms with van der Waals surface area (Å²) in [6.45, 7) is 0.153. The Morgan fingerprint density at radius 2 is 1.27 bits per heavy atom. The van der Waals surface area contributed by atoms with Gasteiger partial charge in [-0.2, -0.15) is 23.4 Å². The van der Waals surface area contributed by atoms with E-state index < -0.39 is 23.7 Å². The van der Waals surface area contributed by atoms with Crippen LogP contribution in [0, 0.1) is 0 Å². The summed E-state index contributed by atoms with van der Waals surface area (Å²) >= 11 is 0. The molecule has 4 amide bonds. The van der Waals surface area contributed by atoms with E-state index in [1.165, 1.54) is 48.5 Å². The first kappa shape index (κ1) is 42.6. The molecule has 14 nitrogen and oxygen atoms in total. The van der Waals surface area contributed by atoms with Crippen LogP contribution in [-0.2, 0) is 22.4 Å². The van der Waals surface area contributed by atoms with Crippen molar-refractivity contribution in [1.82, 2.24) is 10.8 Å². The number of hydroxylamine groups is 1. The number of nitrogens with one attached hydrogen (secondary N) is 3. The summed E-state index contributed by atoms with van der Waals surface area (Å²) in [5, 5.41) is 44.7. The van der Waals surface area contributed by atoms with Crippen LogP contribution in [-0.4, -0.2) is 34.3 Å². The minimum absolute atomic E-state index is 0.0608. The Labute approximate surface area is 355 Å². The molecular formula is C46H32F3N7O7. The molecule has 0 spiro atoms.